The molecule has 1 aromatic heterocycles. The fourth-order valence-electron chi connectivity index (χ4n) is 3.57. The van der Waals surface area contributed by atoms with Gasteiger partial charge < -0.3 is 14.6 Å². The summed E-state index contributed by atoms with van der Waals surface area (Å²) in [5, 5.41) is 4.29. The molecule has 0 atom stereocenters. The van der Waals surface area contributed by atoms with E-state index < -0.39 is 0 Å². The molecule has 1 N–H and O–H groups in total. The molecule has 2 heterocycles. The van der Waals surface area contributed by atoms with Gasteiger partial charge in [0.05, 0.1) is 12.7 Å². The van der Waals surface area contributed by atoms with Crippen molar-refractivity contribution in [1.29, 1.82) is 0 Å². The van der Waals surface area contributed by atoms with E-state index in [4.69, 9.17) is 4.42 Å². The van der Waals surface area contributed by atoms with Gasteiger partial charge in [-0.15, -0.1) is 12.4 Å². The number of likely N-dealkylation sites (tertiary alicyclic amines) is 1. The SMILES string of the molecule is CNCCC1CCN(C(=O)Cc2coc3cc(C)c(C)cc23)CC1.Cl. The largest absolute Gasteiger partial charge is 0.464 e. The lowest BCUT2D eigenvalue weighted by Gasteiger charge is -2.32. The minimum Gasteiger partial charge on any atom is -0.464 e. The van der Waals surface area contributed by atoms with Gasteiger partial charge in [-0.05, 0) is 75.9 Å². The van der Waals surface area contributed by atoms with Crippen LogP contribution in [0.15, 0.2) is 22.8 Å². The third-order valence-corrected chi connectivity index (χ3v) is 5.38. The minimum absolute atomic E-state index is 0. The standard InChI is InChI=1S/C20H28N2O2.ClH/c1-14-10-18-17(13-24-19(18)11-15(14)2)12-20(23)22-8-5-16(6-9-22)4-7-21-3;/h10-11,13,16,21H,4-9,12H2,1-3H3;1H. The molecule has 0 spiro atoms. The van der Waals surface area contributed by atoms with Crippen LogP contribution < -0.4 is 5.32 Å². The minimum atomic E-state index is 0. The number of benzene rings is 1. The van der Waals surface area contributed by atoms with Crippen LogP contribution in [0.2, 0.25) is 0 Å². The first kappa shape index (κ1) is 19.8. The van der Waals surface area contributed by atoms with Crippen LogP contribution in [-0.4, -0.2) is 37.5 Å². The van der Waals surface area contributed by atoms with E-state index in [2.05, 4.69) is 31.3 Å². The molecular weight excluding hydrogens is 336 g/mol. The number of nitrogens with zero attached hydrogens (tertiary/aromatic N) is 1. The van der Waals surface area contributed by atoms with E-state index in [1.54, 1.807) is 6.26 Å². The number of hydrogen-bond acceptors (Lipinski definition) is 3. The second kappa shape index (κ2) is 8.72. The van der Waals surface area contributed by atoms with Crippen LogP contribution in [0, 0.1) is 19.8 Å². The maximum Gasteiger partial charge on any atom is 0.227 e. The van der Waals surface area contributed by atoms with Gasteiger partial charge in [-0.2, -0.15) is 0 Å². The summed E-state index contributed by atoms with van der Waals surface area (Å²) in [5.41, 5.74) is 4.35. The maximum absolute atomic E-state index is 12.7. The molecule has 0 bridgehead atoms. The molecule has 25 heavy (non-hydrogen) atoms. The van der Waals surface area contributed by atoms with Gasteiger partial charge in [0.1, 0.15) is 5.58 Å². The highest BCUT2D eigenvalue weighted by atomic mass is 35.5. The van der Waals surface area contributed by atoms with Crippen LogP contribution in [-0.2, 0) is 11.2 Å². The number of carbonyl (C=O) groups excluding carboxylic acids is 1. The maximum atomic E-state index is 12.7. The molecule has 4 nitrogen and oxygen atoms in total. The molecule has 0 unspecified atom stereocenters. The van der Waals surface area contributed by atoms with Crippen molar-refractivity contribution in [2.45, 2.75) is 39.5 Å². The first-order valence-electron chi connectivity index (χ1n) is 8.98. The van der Waals surface area contributed by atoms with Crippen LogP contribution in [0.5, 0.6) is 0 Å². The molecule has 0 radical (unpaired) electrons. The molecule has 3 rings (SSSR count). The van der Waals surface area contributed by atoms with Crippen molar-refractivity contribution in [2.75, 3.05) is 26.7 Å². The Balaban J connectivity index is 0.00000225. The van der Waals surface area contributed by atoms with Gasteiger partial charge in [-0.3, -0.25) is 4.79 Å². The van der Waals surface area contributed by atoms with Crippen molar-refractivity contribution in [3.63, 3.8) is 0 Å². The number of rotatable bonds is 5. The molecule has 1 saturated heterocycles. The van der Waals surface area contributed by atoms with Crippen molar-refractivity contribution >= 4 is 29.3 Å². The Morgan fingerprint density at radius 3 is 2.60 bits per heavy atom. The van der Waals surface area contributed by atoms with E-state index in [9.17, 15) is 4.79 Å². The number of carbonyl (C=O) groups is 1. The smallest absolute Gasteiger partial charge is 0.227 e. The molecule has 1 aliphatic heterocycles. The molecule has 138 valence electrons. The van der Waals surface area contributed by atoms with E-state index in [1.165, 1.54) is 17.5 Å². The topological polar surface area (TPSA) is 45.5 Å². The van der Waals surface area contributed by atoms with E-state index in [-0.39, 0.29) is 18.3 Å². The molecule has 5 heteroatoms. The van der Waals surface area contributed by atoms with Crippen LogP contribution in [0.3, 0.4) is 0 Å². The van der Waals surface area contributed by atoms with Crippen molar-refractivity contribution in [2.24, 2.45) is 5.92 Å². The lowest BCUT2D eigenvalue weighted by Crippen LogP contribution is -2.39. The molecule has 1 aromatic carbocycles. The zero-order valence-electron chi connectivity index (χ0n) is 15.4. The third-order valence-electron chi connectivity index (χ3n) is 5.38. The normalized spacial score (nSPS) is 15.4. The summed E-state index contributed by atoms with van der Waals surface area (Å²) in [4.78, 5) is 14.7. The fourth-order valence-corrected chi connectivity index (χ4v) is 3.57. The van der Waals surface area contributed by atoms with E-state index in [0.717, 1.165) is 54.9 Å². The van der Waals surface area contributed by atoms with Gasteiger partial charge in [-0.1, -0.05) is 0 Å². The predicted molar refractivity (Wildman–Crippen MR) is 104 cm³/mol. The van der Waals surface area contributed by atoms with Gasteiger partial charge in [-0.25, -0.2) is 0 Å². The van der Waals surface area contributed by atoms with E-state index in [1.807, 2.05) is 11.9 Å². The average molecular weight is 365 g/mol. The zero-order chi connectivity index (χ0) is 17.1. The molecular formula is C20H29ClN2O2. The molecule has 2 aromatic rings. The number of amides is 1. The van der Waals surface area contributed by atoms with E-state index in [0.29, 0.717) is 6.42 Å². The van der Waals surface area contributed by atoms with Gasteiger partial charge >= 0.3 is 0 Å². The Labute approximate surface area is 156 Å². The van der Waals surface area contributed by atoms with Gasteiger partial charge in [0.2, 0.25) is 5.91 Å². The highest BCUT2D eigenvalue weighted by Gasteiger charge is 2.23. The first-order valence-corrected chi connectivity index (χ1v) is 8.98. The molecule has 1 fully saturated rings. The number of halogens is 1. The Morgan fingerprint density at radius 1 is 1.24 bits per heavy atom. The Hall–Kier alpha value is -1.52. The van der Waals surface area contributed by atoms with Crippen LogP contribution >= 0.6 is 12.4 Å². The number of nitrogens with one attached hydrogen (secondary N) is 1. The summed E-state index contributed by atoms with van der Waals surface area (Å²) in [6, 6.07) is 4.20. The molecule has 1 aliphatic rings. The Morgan fingerprint density at radius 2 is 1.92 bits per heavy atom. The van der Waals surface area contributed by atoms with Crippen molar-refractivity contribution in [1.82, 2.24) is 10.2 Å². The highest BCUT2D eigenvalue weighted by Crippen LogP contribution is 2.26. The number of fused-ring (bicyclic) bond motifs is 1. The van der Waals surface area contributed by atoms with Crippen molar-refractivity contribution in [3.8, 4) is 0 Å². The quantitative estimate of drug-likeness (QED) is 0.876. The summed E-state index contributed by atoms with van der Waals surface area (Å²) in [6.45, 7) is 7.03. The van der Waals surface area contributed by atoms with E-state index >= 15 is 0 Å². The van der Waals surface area contributed by atoms with Gasteiger partial charge in [0, 0.05) is 24.0 Å². The summed E-state index contributed by atoms with van der Waals surface area (Å²) in [6.07, 6.45) is 5.65. The second-order valence-corrected chi connectivity index (χ2v) is 7.09. The lowest BCUT2D eigenvalue weighted by atomic mass is 9.93. The summed E-state index contributed by atoms with van der Waals surface area (Å²) in [7, 11) is 2.00. The average Bonchev–Trinajstić information content (AvgIpc) is 2.95. The van der Waals surface area contributed by atoms with Gasteiger partial charge in [0.25, 0.3) is 0 Å². The predicted octanol–water partition coefficient (Wildman–Crippen LogP) is 3.86. The third kappa shape index (κ3) is 4.56. The molecule has 1 amide bonds. The second-order valence-electron chi connectivity index (χ2n) is 7.09. The van der Waals surface area contributed by atoms with Crippen molar-refractivity contribution in [3.05, 3.63) is 35.1 Å². The Kier molecular flexibility index (Phi) is 6.91. The molecule has 0 saturated carbocycles. The lowest BCUT2D eigenvalue weighted by molar-refractivity contribution is -0.131. The van der Waals surface area contributed by atoms with Gasteiger partial charge in [0.15, 0.2) is 0 Å². The van der Waals surface area contributed by atoms with Crippen LogP contribution in [0.1, 0.15) is 36.0 Å². The summed E-state index contributed by atoms with van der Waals surface area (Å²) < 4.78 is 5.66. The summed E-state index contributed by atoms with van der Waals surface area (Å²) in [5.74, 6) is 0.977. The zero-order valence-corrected chi connectivity index (χ0v) is 16.2. The van der Waals surface area contributed by atoms with Crippen LogP contribution in [0.25, 0.3) is 11.0 Å². The highest BCUT2D eigenvalue weighted by molar-refractivity contribution is 5.88. The monoisotopic (exact) mass is 364 g/mol. The number of hydrogen-bond donors (Lipinski definition) is 1. The number of piperidine rings is 1. The number of aryl methyl sites for hydroxylation is 2. The first-order chi connectivity index (χ1) is 11.6. The van der Waals surface area contributed by atoms with Crippen LogP contribution in [0.4, 0.5) is 0 Å². The fraction of sp³-hybridized carbons (Fsp3) is 0.550. The number of furan rings is 1. The molecule has 0 aliphatic carbocycles. The Bertz CT molecular complexity index is 718. The van der Waals surface area contributed by atoms with Crippen molar-refractivity contribution < 1.29 is 9.21 Å². The summed E-state index contributed by atoms with van der Waals surface area (Å²) >= 11 is 0.